The Kier molecular flexibility index (Phi) is 4.18. The molecule has 0 aliphatic heterocycles. The van der Waals surface area contributed by atoms with E-state index in [1.807, 2.05) is 0 Å². The summed E-state index contributed by atoms with van der Waals surface area (Å²) in [5.41, 5.74) is -0.452. The minimum atomic E-state index is -0.452. The van der Waals surface area contributed by atoms with E-state index in [9.17, 15) is 5.11 Å². The van der Waals surface area contributed by atoms with Crippen LogP contribution in [0.15, 0.2) is 18.2 Å². The fourth-order valence-electron chi connectivity index (χ4n) is 2.33. The van der Waals surface area contributed by atoms with Crippen LogP contribution in [0.2, 0.25) is 10.0 Å². The molecule has 1 aliphatic rings. The van der Waals surface area contributed by atoms with E-state index in [0.29, 0.717) is 15.8 Å². The highest BCUT2D eigenvalue weighted by molar-refractivity contribution is 6.34. The van der Waals surface area contributed by atoms with Crippen molar-refractivity contribution in [3.63, 3.8) is 0 Å². The average Bonchev–Trinajstić information content (AvgIpc) is 2.29. The maximum atomic E-state index is 9.55. The number of halogens is 2. The van der Waals surface area contributed by atoms with Crippen molar-refractivity contribution >= 4 is 23.2 Å². The highest BCUT2D eigenvalue weighted by Crippen LogP contribution is 2.34. The molecule has 0 bridgehead atoms. The largest absolute Gasteiger partial charge is 0.485 e. The molecule has 1 aliphatic carbocycles. The lowest BCUT2D eigenvalue weighted by molar-refractivity contribution is -0.0198. The fourth-order valence-corrected chi connectivity index (χ4v) is 2.83. The van der Waals surface area contributed by atoms with Gasteiger partial charge in [0.05, 0.1) is 6.61 Å². The zero-order valence-electron chi connectivity index (χ0n) is 9.59. The number of ether oxygens (including phenoxy) is 1. The predicted octanol–water partition coefficient (Wildman–Crippen LogP) is 4.07. The SMILES string of the molecule is OCC1(Oc2cc(Cl)cc(Cl)c2)CCCCC1. The quantitative estimate of drug-likeness (QED) is 0.901. The van der Waals surface area contributed by atoms with Gasteiger partial charge in [0.2, 0.25) is 0 Å². The van der Waals surface area contributed by atoms with Gasteiger partial charge in [-0.2, -0.15) is 0 Å². The first-order valence-electron chi connectivity index (χ1n) is 5.90. The van der Waals surface area contributed by atoms with Crippen LogP contribution in [0.25, 0.3) is 0 Å². The van der Waals surface area contributed by atoms with Gasteiger partial charge in [-0.25, -0.2) is 0 Å². The highest BCUT2D eigenvalue weighted by atomic mass is 35.5. The summed E-state index contributed by atoms with van der Waals surface area (Å²) in [5, 5.41) is 10.7. The molecule has 17 heavy (non-hydrogen) atoms. The summed E-state index contributed by atoms with van der Waals surface area (Å²) in [6.45, 7) is 0.0388. The van der Waals surface area contributed by atoms with Crippen LogP contribution in [0.1, 0.15) is 32.1 Å². The van der Waals surface area contributed by atoms with Crippen molar-refractivity contribution in [2.75, 3.05) is 6.61 Å². The summed E-state index contributed by atoms with van der Waals surface area (Å²) >= 11 is 11.9. The van der Waals surface area contributed by atoms with E-state index < -0.39 is 5.60 Å². The van der Waals surface area contributed by atoms with E-state index in [-0.39, 0.29) is 6.61 Å². The maximum Gasteiger partial charge on any atom is 0.132 e. The van der Waals surface area contributed by atoms with Gasteiger partial charge in [-0.3, -0.25) is 0 Å². The van der Waals surface area contributed by atoms with Crippen molar-refractivity contribution in [2.24, 2.45) is 0 Å². The molecule has 0 unspecified atom stereocenters. The van der Waals surface area contributed by atoms with E-state index in [1.54, 1.807) is 18.2 Å². The van der Waals surface area contributed by atoms with E-state index in [1.165, 1.54) is 6.42 Å². The van der Waals surface area contributed by atoms with Crippen LogP contribution in [0.3, 0.4) is 0 Å². The molecule has 0 heterocycles. The standard InChI is InChI=1S/C13H16Cl2O2/c14-10-6-11(15)8-12(7-10)17-13(9-16)4-2-1-3-5-13/h6-8,16H,1-5,9H2. The molecule has 94 valence electrons. The number of aliphatic hydroxyl groups is 1. The van der Waals surface area contributed by atoms with Crippen LogP contribution in [-0.4, -0.2) is 17.3 Å². The number of aliphatic hydroxyl groups excluding tert-OH is 1. The van der Waals surface area contributed by atoms with Gasteiger partial charge >= 0.3 is 0 Å². The lowest BCUT2D eigenvalue weighted by Gasteiger charge is -2.36. The second-order valence-electron chi connectivity index (χ2n) is 4.61. The molecule has 2 nitrogen and oxygen atoms in total. The molecule has 1 aromatic rings. The summed E-state index contributed by atoms with van der Waals surface area (Å²) in [7, 11) is 0. The average molecular weight is 275 g/mol. The molecule has 1 saturated carbocycles. The van der Waals surface area contributed by atoms with Crippen LogP contribution in [0.4, 0.5) is 0 Å². The molecule has 0 aromatic heterocycles. The summed E-state index contributed by atoms with van der Waals surface area (Å²) in [4.78, 5) is 0. The first-order chi connectivity index (χ1) is 8.13. The van der Waals surface area contributed by atoms with Crippen LogP contribution < -0.4 is 4.74 Å². The summed E-state index contributed by atoms with van der Waals surface area (Å²) < 4.78 is 5.93. The molecule has 4 heteroatoms. The molecule has 2 rings (SSSR count). The molecule has 1 fully saturated rings. The zero-order valence-corrected chi connectivity index (χ0v) is 11.1. The van der Waals surface area contributed by atoms with Gasteiger partial charge in [-0.05, 0) is 43.9 Å². The van der Waals surface area contributed by atoms with Crippen molar-refractivity contribution in [3.8, 4) is 5.75 Å². The topological polar surface area (TPSA) is 29.5 Å². The summed E-state index contributed by atoms with van der Waals surface area (Å²) in [6, 6.07) is 5.14. The smallest absolute Gasteiger partial charge is 0.132 e. The maximum absolute atomic E-state index is 9.55. The number of hydrogen-bond acceptors (Lipinski definition) is 2. The fraction of sp³-hybridized carbons (Fsp3) is 0.538. The first-order valence-corrected chi connectivity index (χ1v) is 6.65. The Hall–Kier alpha value is -0.440. The Morgan fingerprint density at radius 1 is 1.06 bits per heavy atom. The lowest BCUT2D eigenvalue weighted by atomic mass is 9.85. The number of rotatable bonds is 3. The molecule has 1 N–H and O–H groups in total. The summed E-state index contributed by atoms with van der Waals surface area (Å²) in [5.74, 6) is 0.637. The Balaban J connectivity index is 2.17. The van der Waals surface area contributed by atoms with Crippen molar-refractivity contribution in [1.82, 2.24) is 0 Å². The van der Waals surface area contributed by atoms with Crippen LogP contribution in [0.5, 0.6) is 5.75 Å². The second-order valence-corrected chi connectivity index (χ2v) is 5.48. The molecule has 0 amide bonds. The van der Waals surface area contributed by atoms with E-state index in [4.69, 9.17) is 27.9 Å². The number of benzene rings is 1. The van der Waals surface area contributed by atoms with Gasteiger partial charge in [0.15, 0.2) is 0 Å². The monoisotopic (exact) mass is 274 g/mol. The zero-order chi connectivity index (χ0) is 12.3. The minimum absolute atomic E-state index is 0.0388. The first kappa shape index (κ1) is 13.0. The van der Waals surface area contributed by atoms with Gasteiger partial charge in [-0.15, -0.1) is 0 Å². The van der Waals surface area contributed by atoms with Crippen molar-refractivity contribution in [3.05, 3.63) is 28.2 Å². The Labute approximate surface area is 111 Å². The summed E-state index contributed by atoms with van der Waals surface area (Å²) in [6.07, 6.45) is 5.16. The van der Waals surface area contributed by atoms with Gasteiger partial charge in [0, 0.05) is 10.0 Å². The molecule has 0 spiro atoms. The molecular weight excluding hydrogens is 259 g/mol. The van der Waals surface area contributed by atoms with Crippen LogP contribution in [0, 0.1) is 0 Å². The lowest BCUT2D eigenvalue weighted by Crippen LogP contribution is -2.41. The molecule has 0 atom stereocenters. The third-order valence-corrected chi connectivity index (χ3v) is 3.66. The third-order valence-electron chi connectivity index (χ3n) is 3.22. The Morgan fingerprint density at radius 2 is 1.65 bits per heavy atom. The van der Waals surface area contributed by atoms with Crippen molar-refractivity contribution < 1.29 is 9.84 Å². The predicted molar refractivity (Wildman–Crippen MR) is 70.0 cm³/mol. The van der Waals surface area contributed by atoms with Crippen molar-refractivity contribution in [2.45, 2.75) is 37.7 Å². The van der Waals surface area contributed by atoms with Gasteiger partial charge in [0.1, 0.15) is 11.4 Å². The van der Waals surface area contributed by atoms with Crippen LogP contribution >= 0.6 is 23.2 Å². The molecule has 1 aromatic carbocycles. The highest BCUT2D eigenvalue weighted by Gasteiger charge is 2.33. The molecule has 0 saturated heterocycles. The van der Waals surface area contributed by atoms with Gasteiger partial charge < -0.3 is 9.84 Å². The normalized spacial score (nSPS) is 19.0. The Morgan fingerprint density at radius 3 is 2.18 bits per heavy atom. The van der Waals surface area contributed by atoms with E-state index >= 15 is 0 Å². The number of hydrogen-bond donors (Lipinski definition) is 1. The van der Waals surface area contributed by atoms with E-state index in [0.717, 1.165) is 25.7 Å². The third kappa shape index (κ3) is 3.27. The van der Waals surface area contributed by atoms with Crippen molar-refractivity contribution in [1.29, 1.82) is 0 Å². The molecule has 0 radical (unpaired) electrons. The van der Waals surface area contributed by atoms with E-state index in [2.05, 4.69) is 0 Å². The van der Waals surface area contributed by atoms with Crippen LogP contribution in [-0.2, 0) is 0 Å². The second kappa shape index (κ2) is 5.47. The Bertz CT molecular complexity index is 367. The molecular formula is C13H16Cl2O2. The minimum Gasteiger partial charge on any atom is -0.485 e. The van der Waals surface area contributed by atoms with Gasteiger partial charge in [-0.1, -0.05) is 29.6 Å². The van der Waals surface area contributed by atoms with Gasteiger partial charge in [0.25, 0.3) is 0 Å².